The van der Waals surface area contributed by atoms with Crippen LogP contribution in [0.3, 0.4) is 0 Å². The SMILES string of the molecule is CC(Oc1ccc(S(C)(=O)=O)cc1)C(=O)NCc1ccccc1Cl. The molecule has 2 aromatic rings. The van der Waals surface area contributed by atoms with Gasteiger partial charge in [0, 0.05) is 17.8 Å². The fraction of sp³-hybridized carbons (Fsp3) is 0.235. The lowest BCUT2D eigenvalue weighted by atomic mass is 10.2. The summed E-state index contributed by atoms with van der Waals surface area (Å²) in [4.78, 5) is 12.3. The molecule has 1 atom stereocenters. The average Bonchev–Trinajstić information content (AvgIpc) is 2.53. The van der Waals surface area contributed by atoms with Crippen LogP contribution in [0.4, 0.5) is 0 Å². The zero-order valence-corrected chi connectivity index (χ0v) is 14.9. The number of halogens is 1. The third-order valence-corrected chi connectivity index (χ3v) is 4.84. The average molecular weight is 368 g/mol. The molecule has 0 aliphatic carbocycles. The van der Waals surface area contributed by atoms with Gasteiger partial charge in [-0.25, -0.2) is 8.42 Å². The Bertz CT molecular complexity index is 819. The van der Waals surface area contributed by atoms with E-state index in [-0.39, 0.29) is 10.8 Å². The number of ether oxygens (including phenoxy) is 1. The highest BCUT2D eigenvalue weighted by Gasteiger charge is 2.15. The zero-order chi connectivity index (χ0) is 17.7. The topological polar surface area (TPSA) is 72.5 Å². The maximum absolute atomic E-state index is 12.1. The summed E-state index contributed by atoms with van der Waals surface area (Å²) in [6, 6.07) is 13.2. The maximum atomic E-state index is 12.1. The standard InChI is InChI=1S/C17H18ClNO4S/c1-12(17(20)19-11-13-5-3-4-6-16(13)18)23-14-7-9-15(10-8-14)24(2,21)22/h3-10,12H,11H2,1-2H3,(H,19,20). The van der Waals surface area contributed by atoms with Crippen LogP contribution in [0.1, 0.15) is 12.5 Å². The molecule has 1 N–H and O–H groups in total. The van der Waals surface area contributed by atoms with E-state index in [1.54, 1.807) is 13.0 Å². The molecule has 0 saturated heterocycles. The van der Waals surface area contributed by atoms with Crippen molar-refractivity contribution < 1.29 is 17.9 Å². The number of hydrogen-bond acceptors (Lipinski definition) is 4. The number of carbonyl (C=O) groups is 1. The first-order valence-electron chi connectivity index (χ1n) is 7.25. The highest BCUT2D eigenvalue weighted by atomic mass is 35.5. The predicted octanol–water partition coefficient (Wildman–Crippen LogP) is 2.83. The van der Waals surface area contributed by atoms with Gasteiger partial charge in [0.15, 0.2) is 15.9 Å². The number of sulfone groups is 1. The van der Waals surface area contributed by atoms with Crippen molar-refractivity contribution in [2.24, 2.45) is 0 Å². The summed E-state index contributed by atoms with van der Waals surface area (Å²) in [5.74, 6) is 0.130. The molecule has 1 unspecified atom stereocenters. The van der Waals surface area contributed by atoms with Crippen LogP contribution in [0.5, 0.6) is 5.75 Å². The predicted molar refractivity (Wildman–Crippen MR) is 92.9 cm³/mol. The van der Waals surface area contributed by atoms with Crippen molar-refractivity contribution >= 4 is 27.3 Å². The Labute approximate surface area is 146 Å². The number of hydrogen-bond donors (Lipinski definition) is 1. The Hall–Kier alpha value is -2.05. The fourth-order valence-electron chi connectivity index (χ4n) is 1.99. The molecular formula is C17H18ClNO4S. The summed E-state index contributed by atoms with van der Waals surface area (Å²) in [6.45, 7) is 1.92. The van der Waals surface area contributed by atoms with Crippen LogP contribution in [-0.2, 0) is 21.2 Å². The number of amides is 1. The van der Waals surface area contributed by atoms with Crippen molar-refractivity contribution in [3.8, 4) is 5.75 Å². The summed E-state index contributed by atoms with van der Waals surface area (Å²) < 4.78 is 28.3. The third kappa shape index (κ3) is 4.97. The molecule has 0 bridgehead atoms. The van der Waals surface area contributed by atoms with E-state index in [9.17, 15) is 13.2 Å². The first kappa shape index (κ1) is 18.3. The van der Waals surface area contributed by atoms with Gasteiger partial charge in [-0.3, -0.25) is 4.79 Å². The second-order valence-corrected chi connectivity index (χ2v) is 7.74. The van der Waals surface area contributed by atoms with Gasteiger partial charge in [-0.2, -0.15) is 0 Å². The second kappa shape index (κ2) is 7.68. The minimum atomic E-state index is -3.26. The van der Waals surface area contributed by atoms with Crippen LogP contribution < -0.4 is 10.1 Å². The molecule has 0 aliphatic heterocycles. The third-order valence-electron chi connectivity index (χ3n) is 3.34. The molecule has 0 heterocycles. The van der Waals surface area contributed by atoms with E-state index in [1.165, 1.54) is 24.3 Å². The van der Waals surface area contributed by atoms with Crippen molar-refractivity contribution in [2.45, 2.75) is 24.5 Å². The molecule has 0 spiro atoms. The van der Waals surface area contributed by atoms with E-state index >= 15 is 0 Å². The van der Waals surface area contributed by atoms with Gasteiger partial charge in [0.25, 0.3) is 5.91 Å². The van der Waals surface area contributed by atoms with Crippen LogP contribution in [0.25, 0.3) is 0 Å². The largest absolute Gasteiger partial charge is 0.481 e. The quantitative estimate of drug-likeness (QED) is 0.852. The van der Waals surface area contributed by atoms with Crippen molar-refractivity contribution in [1.29, 1.82) is 0 Å². The summed E-state index contributed by atoms with van der Waals surface area (Å²) >= 11 is 6.04. The van der Waals surface area contributed by atoms with Gasteiger partial charge >= 0.3 is 0 Å². The summed E-state index contributed by atoms with van der Waals surface area (Å²) in [7, 11) is -3.26. The van der Waals surface area contributed by atoms with Gasteiger partial charge in [-0.15, -0.1) is 0 Å². The Morgan fingerprint density at radius 2 is 1.79 bits per heavy atom. The van der Waals surface area contributed by atoms with Gasteiger partial charge in [-0.05, 0) is 42.8 Å². The molecule has 1 amide bonds. The van der Waals surface area contributed by atoms with E-state index in [4.69, 9.17) is 16.3 Å². The lowest BCUT2D eigenvalue weighted by molar-refractivity contribution is -0.127. The van der Waals surface area contributed by atoms with Gasteiger partial charge in [0.1, 0.15) is 5.75 Å². The normalized spacial score (nSPS) is 12.5. The Kier molecular flexibility index (Phi) is 5.85. The van der Waals surface area contributed by atoms with Crippen molar-refractivity contribution in [3.05, 3.63) is 59.1 Å². The van der Waals surface area contributed by atoms with Gasteiger partial charge in [0.05, 0.1) is 4.90 Å². The molecule has 24 heavy (non-hydrogen) atoms. The molecule has 7 heteroatoms. The molecule has 0 fully saturated rings. The Morgan fingerprint density at radius 3 is 2.38 bits per heavy atom. The van der Waals surface area contributed by atoms with Gasteiger partial charge in [-0.1, -0.05) is 29.8 Å². The van der Waals surface area contributed by atoms with E-state index in [0.717, 1.165) is 11.8 Å². The number of nitrogens with one attached hydrogen (secondary N) is 1. The van der Waals surface area contributed by atoms with Crippen molar-refractivity contribution in [1.82, 2.24) is 5.32 Å². The molecule has 2 aromatic carbocycles. The highest BCUT2D eigenvalue weighted by Crippen LogP contribution is 2.17. The molecular weight excluding hydrogens is 350 g/mol. The van der Waals surface area contributed by atoms with Crippen molar-refractivity contribution in [3.63, 3.8) is 0 Å². The van der Waals surface area contributed by atoms with Gasteiger partial charge in [0.2, 0.25) is 0 Å². The van der Waals surface area contributed by atoms with E-state index in [0.29, 0.717) is 17.3 Å². The van der Waals surface area contributed by atoms with E-state index in [2.05, 4.69) is 5.32 Å². The van der Waals surface area contributed by atoms with Crippen LogP contribution in [0.2, 0.25) is 5.02 Å². The summed E-state index contributed by atoms with van der Waals surface area (Å²) in [5, 5.41) is 3.34. The highest BCUT2D eigenvalue weighted by molar-refractivity contribution is 7.90. The monoisotopic (exact) mass is 367 g/mol. The van der Waals surface area contributed by atoms with Gasteiger partial charge < -0.3 is 10.1 Å². The molecule has 0 aromatic heterocycles. The number of benzene rings is 2. The lowest BCUT2D eigenvalue weighted by Gasteiger charge is -2.15. The summed E-state index contributed by atoms with van der Waals surface area (Å²) in [6.07, 6.45) is 0.407. The lowest BCUT2D eigenvalue weighted by Crippen LogP contribution is -2.35. The van der Waals surface area contributed by atoms with Crippen LogP contribution in [0.15, 0.2) is 53.4 Å². The summed E-state index contributed by atoms with van der Waals surface area (Å²) in [5.41, 5.74) is 0.817. The minimum Gasteiger partial charge on any atom is -0.481 e. The number of rotatable bonds is 6. The molecule has 128 valence electrons. The smallest absolute Gasteiger partial charge is 0.261 e. The second-order valence-electron chi connectivity index (χ2n) is 5.31. The van der Waals surface area contributed by atoms with Crippen LogP contribution in [0, 0.1) is 0 Å². The maximum Gasteiger partial charge on any atom is 0.261 e. The fourth-order valence-corrected chi connectivity index (χ4v) is 2.82. The minimum absolute atomic E-state index is 0.200. The first-order chi connectivity index (χ1) is 11.3. The molecule has 0 radical (unpaired) electrons. The molecule has 0 aliphatic rings. The Balaban J connectivity index is 1.93. The molecule has 2 rings (SSSR count). The zero-order valence-electron chi connectivity index (χ0n) is 13.3. The van der Waals surface area contributed by atoms with Crippen LogP contribution in [-0.4, -0.2) is 26.7 Å². The Morgan fingerprint density at radius 1 is 1.17 bits per heavy atom. The van der Waals surface area contributed by atoms with E-state index < -0.39 is 15.9 Å². The number of carbonyl (C=O) groups excluding carboxylic acids is 1. The molecule has 5 nitrogen and oxygen atoms in total. The molecule has 0 saturated carbocycles. The first-order valence-corrected chi connectivity index (χ1v) is 9.52. The van der Waals surface area contributed by atoms with Crippen LogP contribution >= 0.6 is 11.6 Å². The van der Waals surface area contributed by atoms with Crippen molar-refractivity contribution in [2.75, 3.05) is 6.26 Å². The van der Waals surface area contributed by atoms with E-state index in [1.807, 2.05) is 18.2 Å².